The number of nitrogens with zero attached hydrogens (tertiary/aromatic N) is 2. The Kier molecular flexibility index (Phi) is 18.6. The Morgan fingerprint density at radius 2 is 1.41 bits per heavy atom. The Morgan fingerprint density at radius 1 is 0.814 bits per heavy atom. The summed E-state index contributed by atoms with van der Waals surface area (Å²) in [6.45, 7) is 3.53. The number of carbonyl (C=O) groups is 7. The number of phenols is 2. The number of nitrogens with one attached hydrogen (secondary N) is 4. The van der Waals surface area contributed by atoms with Crippen LogP contribution in [-0.4, -0.2) is 123 Å². The first kappa shape index (κ1) is 47.7. The highest BCUT2D eigenvalue weighted by Crippen LogP contribution is 2.38. The van der Waals surface area contributed by atoms with Gasteiger partial charge in [-0.05, 0) is 55.7 Å². The number of carboxylic acids is 1. The molecular formula is C42H60N6O11. The summed E-state index contributed by atoms with van der Waals surface area (Å²) in [7, 11) is 2.68. The molecule has 1 aliphatic heterocycles. The molecule has 2 aromatic rings. The molecule has 0 spiro atoms. The highest BCUT2D eigenvalue weighted by Gasteiger charge is 2.34. The number of benzene rings is 2. The second kappa shape index (κ2) is 23.0. The van der Waals surface area contributed by atoms with E-state index in [0.717, 1.165) is 35.5 Å². The number of fused-ring (bicyclic) bond motifs is 5. The van der Waals surface area contributed by atoms with Crippen molar-refractivity contribution in [2.45, 2.75) is 122 Å². The summed E-state index contributed by atoms with van der Waals surface area (Å²) >= 11 is 0. The number of likely N-dealkylation sites (N-methyl/N-ethyl adjacent to an activating group) is 2. The van der Waals surface area contributed by atoms with Gasteiger partial charge in [-0.25, -0.2) is 4.79 Å². The van der Waals surface area contributed by atoms with E-state index in [9.17, 15) is 54.0 Å². The summed E-state index contributed by atoms with van der Waals surface area (Å²) in [5, 5.41) is 51.1. The van der Waals surface area contributed by atoms with Crippen molar-refractivity contribution < 1.29 is 54.0 Å². The number of unbranched alkanes of at least 4 members (excludes halogenated alkanes) is 8. The Labute approximate surface area is 344 Å². The average molecular weight is 825 g/mol. The maximum Gasteiger partial charge on any atom is 0.326 e. The predicted molar refractivity (Wildman–Crippen MR) is 218 cm³/mol. The molecule has 324 valence electrons. The smallest absolute Gasteiger partial charge is 0.326 e. The third kappa shape index (κ3) is 13.7. The molecule has 6 amide bonds. The topological polar surface area (TPSA) is 255 Å². The van der Waals surface area contributed by atoms with Crippen LogP contribution < -0.4 is 21.3 Å². The van der Waals surface area contributed by atoms with E-state index in [0.29, 0.717) is 12.0 Å². The standard InChI is InChI=1S/C42H60N6O11/c1-6-7-8-9-10-11-12-13-14-15-35(52)47(4)32(24-49)40(56)44-25(2)38(54)43-23-36(53)48(5)37-28-17-19-34(51)30(22-28)29-20-27(16-18-33(29)50)21-31(42(58)59)46-39(55)26(3)45-41(37)57/h16-20,22,25-26,31-32,37,49-51H,6-15,21,23-24H2,1-5H3,(H,43,54)(H,44,56)(H,45,57)(H,46,55)(H,58,59)/t25-,26+,31-,32-,37+/m1/s1. The summed E-state index contributed by atoms with van der Waals surface area (Å²) in [6, 6.07) is 1.62. The lowest BCUT2D eigenvalue weighted by atomic mass is 9.94. The maximum absolute atomic E-state index is 13.8. The number of aromatic hydroxyl groups is 2. The van der Waals surface area contributed by atoms with Gasteiger partial charge in [-0.3, -0.25) is 28.8 Å². The van der Waals surface area contributed by atoms with E-state index >= 15 is 0 Å². The van der Waals surface area contributed by atoms with Crippen molar-refractivity contribution in [2.75, 3.05) is 27.2 Å². The molecule has 0 aliphatic carbocycles. The van der Waals surface area contributed by atoms with Gasteiger partial charge in [-0.1, -0.05) is 70.4 Å². The average Bonchev–Trinajstić information content (AvgIpc) is 3.19. The number of carboxylic acid groups (broad SMARTS) is 1. The minimum atomic E-state index is -1.47. The molecule has 2 aromatic carbocycles. The Bertz CT molecular complexity index is 1820. The number of aliphatic carboxylic acids is 1. The fourth-order valence-electron chi connectivity index (χ4n) is 6.78. The molecule has 0 aromatic heterocycles. The Hall–Kier alpha value is -5.71. The molecule has 0 radical (unpaired) electrons. The Balaban J connectivity index is 1.70. The fourth-order valence-corrected chi connectivity index (χ4v) is 6.78. The summed E-state index contributed by atoms with van der Waals surface area (Å²) in [5.74, 6) is -6.25. The highest BCUT2D eigenvalue weighted by molar-refractivity contribution is 5.96. The normalized spacial score (nSPS) is 17.6. The second-order valence-corrected chi connectivity index (χ2v) is 15.1. The third-order valence-corrected chi connectivity index (χ3v) is 10.5. The van der Waals surface area contributed by atoms with Gasteiger partial charge >= 0.3 is 5.97 Å². The quantitative estimate of drug-likeness (QED) is 0.0954. The molecule has 0 saturated carbocycles. The van der Waals surface area contributed by atoms with E-state index in [1.165, 1.54) is 90.0 Å². The summed E-state index contributed by atoms with van der Waals surface area (Å²) in [4.78, 5) is 93.7. The molecule has 5 atom stereocenters. The van der Waals surface area contributed by atoms with Crippen molar-refractivity contribution in [1.82, 2.24) is 31.1 Å². The van der Waals surface area contributed by atoms with E-state index < -0.39 is 78.9 Å². The molecule has 4 bridgehead atoms. The fraction of sp³-hybridized carbons (Fsp3) is 0.548. The van der Waals surface area contributed by atoms with Crippen molar-refractivity contribution in [3.05, 3.63) is 47.5 Å². The van der Waals surface area contributed by atoms with Crippen LogP contribution in [0.25, 0.3) is 11.1 Å². The lowest BCUT2D eigenvalue weighted by Crippen LogP contribution is -2.55. The first-order valence-electron chi connectivity index (χ1n) is 20.2. The van der Waals surface area contributed by atoms with Gasteiger partial charge in [0.1, 0.15) is 41.7 Å². The van der Waals surface area contributed by atoms with Crippen LogP contribution in [-0.2, 0) is 40.0 Å². The summed E-state index contributed by atoms with van der Waals surface area (Å²) < 4.78 is 0. The van der Waals surface area contributed by atoms with Gasteiger partial charge in [0.05, 0.1) is 13.2 Å². The first-order valence-corrected chi connectivity index (χ1v) is 20.2. The molecule has 59 heavy (non-hydrogen) atoms. The Morgan fingerprint density at radius 3 is 2.02 bits per heavy atom. The molecule has 17 heteroatoms. The molecule has 1 aliphatic rings. The van der Waals surface area contributed by atoms with Gasteiger partial charge in [0.25, 0.3) is 0 Å². The predicted octanol–water partition coefficient (Wildman–Crippen LogP) is 2.26. The number of aliphatic hydroxyl groups excluding tert-OH is 1. The summed E-state index contributed by atoms with van der Waals surface area (Å²) in [6.07, 6.45) is 9.70. The molecule has 8 N–H and O–H groups in total. The summed E-state index contributed by atoms with van der Waals surface area (Å²) in [5.41, 5.74) is 0.724. The van der Waals surface area contributed by atoms with Crippen molar-refractivity contribution in [2.24, 2.45) is 0 Å². The van der Waals surface area contributed by atoms with Crippen molar-refractivity contribution in [3.63, 3.8) is 0 Å². The molecule has 3 rings (SSSR count). The molecular weight excluding hydrogens is 764 g/mol. The van der Waals surface area contributed by atoms with E-state index in [1.54, 1.807) is 0 Å². The number of carbonyl (C=O) groups excluding carboxylic acids is 6. The van der Waals surface area contributed by atoms with Crippen LogP contribution >= 0.6 is 0 Å². The van der Waals surface area contributed by atoms with Crippen molar-refractivity contribution >= 4 is 41.4 Å². The van der Waals surface area contributed by atoms with Crippen LogP contribution in [0.5, 0.6) is 11.5 Å². The van der Waals surface area contributed by atoms with Gasteiger partial charge in [0, 0.05) is 38.1 Å². The van der Waals surface area contributed by atoms with Crippen LogP contribution in [0.1, 0.15) is 102 Å². The zero-order chi connectivity index (χ0) is 43.8. The van der Waals surface area contributed by atoms with Gasteiger partial charge in [0.15, 0.2) is 0 Å². The van der Waals surface area contributed by atoms with Crippen molar-refractivity contribution in [3.8, 4) is 22.6 Å². The minimum Gasteiger partial charge on any atom is -0.507 e. The van der Waals surface area contributed by atoms with Crippen LogP contribution in [0.15, 0.2) is 36.4 Å². The molecule has 17 nitrogen and oxygen atoms in total. The van der Waals surface area contributed by atoms with Crippen LogP contribution in [0, 0.1) is 0 Å². The number of amides is 6. The largest absolute Gasteiger partial charge is 0.507 e. The van der Waals surface area contributed by atoms with E-state index in [2.05, 4.69) is 28.2 Å². The number of rotatable bonds is 19. The zero-order valence-corrected chi connectivity index (χ0v) is 34.6. The highest BCUT2D eigenvalue weighted by atomic mass is 16.4. The second-order valence-electron chi connectivity index (χ2n) is 15.1. The first-order chi connectivity index (χ1) is 28.0. The minimum absolute atomic E-state index is 0.0661. The van der Waals surface area contributed by atoms with Crippen LogP contribution in [0.3, 0.4) is 0 Å². The molecule has 0 saturated heterocycles. The van der Waals surface area contributed by atoms with E-state index in [1.807, 2.05) is 0 Å². The SMILES string of the molecule is CCCCCCCCCCCC(=O)N(C)[C@H](CO)C(=O)N[C@H](C)C(=O)NCC(=O)N(C)[C@@H]1C(=O)N[C@@H](C)C(=O)N[C@@H](C(=O)O)Cc2ccc(O)c(c2)-c2cc1ccc2O. The van der Waals surface area contributed by atoms with Gasteiger partial charge < -0.3 is 51.5 Å². The maximum atomic E-state index is 13.8. The van der Waals surface area contributed by atoms with Gasteiger partial charge in [0.2, 0.25) is 35.4 Å². The van der Waals surface area contributed by atoms with E-state index in [4.69, 9.17) is 0 Å². The number of hydrogen-bond donors (Lipinski definition) is 8. The zero-order valence-electron chi connectivity index (χ0n) is 34.6. The molecule has 1 heterocycles. The van der Waals surface area contributed by atoms with Crippen molar-refractivity contribution in [1.29, 1.82) is 0 Å². The van der Waals surface area contributed by atoms with Crippen LogP contribution in [0.4, 0.5) is 0 Å². The van der Waals surface area contributed by atoms with Gasteiger partial charge in [-0.2, -0.15) is 0 Å². The third-order valence-electron chi connectivity index (χ3n) is 10.5. The van der Waals surface area contributed by atoms with Crippen LogP contribution in [0.2, 0.25) is 0 Å². The lowest BCUT2D eigenvalue weighted by Gasteiger charge is -2.30. The van der Waals surface area contributed by atoms with Gasteiger partial charge in [-0.15, -0.1) is 0 Å². The number of aliphatic hydroxyl groups is 1. The molecule has 0 fully saturated rings. The number of phenolic OH excluding ortho intramolecular Hbond substituents is 2. The van der Waals surface area contributed by atoms with E-state index in [-0.39, 0.29) is 46.9 Å². The molecule has 0 unspecified atom stereocenters. The number of hydrogen-bond acceptors (Lipinski definition) is 10. The lowest BCUT2D eigenvalue weighted by molar-refractivity contribution is -0.143. The monoisotopic (exact) mass is 824 g/mol.